The first kappa shape index (κ1) is 19.6. The van der Waals surface area contributed by atoms with Crippen LogP contribution in [0.4, 0.5) is 0 Å². The summed E-state index contributed by atoms with van der Waals surface area (Å²) in [5, 5.41) is 0. The number of methoxy groups -OCH3 is 1. The van der Waals surface area contributed by atoms with E-state index in [1.807, 2.05) is 31.2 Å². The standard InChI is InChI=1S/C16H20O4S.Na.H/c1-4-15(12(2)19-3)20-21(17,18)16-11-10-13-8-6-5-7-9-14(13)16;;/h5-12,15H,4H2,1-3H3;;/q;+1;-1. The number of ether oxygens (including phenoxy) is 1. The van der Waals surface area contributed by atoms with Gasteiger partial charge in [0, 0.05) is 12.7 Å². The molecule has 0 fully saturated rings. The minimum atomic E-state index is -3.82. The van der Waals surface area contributed by atoms with Crippen LogP contribution < -0.4 is 29.6 Å². The maximum absolute atomic E-state index is 12.5. The molecule has 0 heterocycles. The number of hydrogen-bond donors (Lipinski definition) is 0. The molecule has 0 aromatic heterocycles. The van der Waals surface area contributed by atoms with Crippen molar-refractivity contribution in [2.45, 2.75) is 37.4 Å². The van der Waals surface area contributed by atoms with E-state index < -0.39 is 16.2 Å². The molecule has 6 heteroatoms. The molecule has 0 aromatic carbocycles. The van der Waals surface area contributed by atoms with Crippen molar-refractivity contribution in [2.24, 2.45) is 0 Å². The zero-order valence-electron chi connectivity index (χ0n) is 14.4. The second-order valence-electron chi connectivity index (χ2n) is 4.92. The molecule has 0 aliphatic heterocycles. The Bertz CT molecular complexity index is 678. The van der Waals surface area contributed by atoms with Crippen LogP contribution in [0.2, 0.25) is 0 Å². The SMILES string of the molecule is CCC(OS(=O)(=O)c1ccc2cccccc1-2)C(C)OC.[H-].[Na+]. The third-order valence-electron chi connectivity index (χ3n) is 3.57. The number of fused-ring (bicyclic) bond motifs is 1. The van der Waals surface area contributed by atoms with Crippen LogP contribution in [0.25, 0.3) is 11.1 Å². The Morgan fingerprint density at radius 3 is 2.45 bits per heavy atom. The van der Waals surface area contributed by atoms with E-state index in [-0.39, 0.29) is 42.0 Å². The molecule has 2 unspecified atom stereocenters. The van der Waals surface area contributed by atoms with Crippen LogP contribution in [-0.2, 0) is 19.0 Å². The van der Waals surface area contributed by atoms with Crippen LogP contribution in [0.15, 0.2) is 47.4 Å². The fourth-order valence-corrected chi connectivity index (χ4v) is 3.66. The van der Waals surface area contributed by atoms with E-state index in [0.29, 0.717) is 12.0 Å². The van der Waals surface area contributed by atoms with Crippen molar-refractivity contribution in [3.63, 3.8) is 0 Å². The van der Waals surface area contributed by atoms with E-state index in [2.05, 4.69) is 0 Å². The van der Waals surface area contributed by atoms with Crippen molar-refractivity contribution in [3.8, 4) is 11.1 Å². The summed E-state index contributed by atoms with van der Waals surface area (Å²) in [6.07, 6.45) is -0.231. The first-order chi connectivity index (χ1) is 9.99. The minimum absolute atomic E-state index is 0. The molecular formula is C16H21NaO4S. The summed E-state index contributed by atoms with van der Waals surface area (Å²) in [6.45, 7) is 3.67. The van der Waals surface area contributed by atoms with Gasteiger partial charge in [-0.25, -0.2) is 0 Å². The Balaban J connectivity index is 0.00000242. The molecule has 2 aliphatic carbocycles. The average molecular weight is 332 g/mol. The maximum Gasteiger partial charge on any atom is 1.00 e. The smallest absolute Gasteiger partial charge is 1.00 e. The molecule has 0 saturated carbocycles. The van der Waals surface area contributed by atoms with E-state index >= 15 is 0 Å². The third-order valence-corrected chi connectivity index (χ3v) is 4.96. The Kier molecular flexibility index (Phi) is 7.52. The summed E-state index contributed by atoms with van der Waals surface area (Å²) >= 11 is 0. The zero-order valence-corrected chi connectivity index (χ0v) is 16.3. The predicted molar refractivity (Wildman–Crippen MR) is 83.0 cm³/mol. The topological polar surface area (TPSA) is 52.6 Å². The van der Waals surface area contributed by atoms with Gasteiger partial charge in [-0.1, -0.05) is 43.3 Å². The summed E-state index contributed by atoms with van der Waals surface area (Å²) < 4.78 is 35.6. The second-order valence-corrected chi connectivity index (χ2v) is 6.46. The first-order valence-electron chi connectivity index (χ1n) is 6.93. The van der Waals surface area contributed by atoms with Gasteiger partial charge in [0.15, 0.2) is 0 Å². The van der Waals surface area contributed by atoms with Gasteiger partial charge < -0.3 is 6.16 Å². The largest absolute Gasteiger partial charge is 1.00 e. The van der Waals surface area contributed by atoms with E-state index in [1.165, 1.54) is 0 Å². The summed E-state index contributed by atoms with van der Waals surface area (Å²) in [4.78, 5) is 0.204. The minimum Gasteiger partial charge on any atom is -1.00 e. The molecule has 0 bridgehead atoms. The molecule has 0 spiro atoms. The second kappa shape index (κ2) is 8.43. The Labute approximate surface area is 156 Å². The summed E-state index contributed by atoms with van der Waals surface area (Å²) in [7, 11) is -2.28. The molecule has 22 heavy (non-hydrogen) atoms. The molecule has 0 radical (unpaired) electrons. The van der Waals surface area contributed by atoms with Crippen molar-refractivity contribution in [1.29, 1.82) is 0 Å². The molecule has 4 nitrogen and oxygen atoms in total. The van der Waals surface area contributed by atoms with Crippen molar-refractivity contribution >= 4 is 10.1 Å². The van der Waals surface area contributed by atoms with Gasteiger partial charge >= 0.3 is 29.6 Å². The van der Waals surface area contributed by atoms with E-state index in [0.717, 1.165) is 5.56 Å². The van der Waals surface area contributed by atoms with Gasteiger partial charge in [0.2, 0.25) is 0 Å². The van der Waals surface area contributed by atoms with Crippen LogP contribution in [0.5, 0.6) is 0 Å². The van der Waals surface area contributed by atoms with Gasteiger partial charge in [0.1, 0.15) is 11.0 Å². The van der Waals surface area contributed by atoms with E-state index in [9.17, 15) is 8.42 Å². The number of hydrogen-bond acceptors (Lipinski definition) is 4. The normalized spacial score (nSPS) is 14.3. The van der Waals surface area contributed by atoms with Crippen molar-refractivity contribution in [3.05, 3.63) is 42.5 Å². The van der Waals surface area contributed by atoms with Crippen LogP contribution in [-0.4, -0.2) is 27.7 Å². The molecule has 0 saturated heterocycles. The van der Waals surface area contributed by atoms with Crippen LogP contribution >= 0.6 is 0 Å². The molecule has 0 N–H and O–H groups in total. The molecule has 2 atom stereocenters. The molecule has 0 amide bonds. The van der Waals surface area contributed by atoms with Crippen LogP contribution in [0.3, 0.4) is 0 Å². The Morgan fingerprint density at radius 2 is 1.82 bits per heavy atom. The first-order valence-corrected chi connectivity index (χ1v) is 8.34. The predicted octanol–water partition coefficient (Wildman–Crippen LogP) is 0.427. The van der Waals surface area contributed by atoms with Gasteiger partial charge in [-0.05, 0) is 25.0 Å². The monoisotopic (exact) mass is 332 g/mol. The molecule has 116 valence electrons. The van der Waals surface area contributed by atoms with Gasteiger partial charge in [-0.15, -0.1) is 0 Å². The van der Waals surface area contributed by atoms with Gasteiger partial charge in [-0.3, -0.25) is 4.18 Å². The van der Waals surface area contributed by atoms with Crippen LogP contribution in [0, 0.1) is 0 Å². The fraction of sp³-hybridized carbons (Fsp3) is 0.375. The molecule has 2 rings (SSSR count). The van der Waals surface area contributed by atoms with Crippen molar-refractivity contribution in [2.75, 3.05) is 7.11 Å². The maximum atomic E-state index is 12.5. The zero-order chi connectivity index (χ0) is 15.5. The summed E-state index contributed by atoms with van der Waals surface area (Å²) in [5.41, 5.74) is 1.54. The van der Waals surface area contributed by atoms with Crippen molar-refractivity contribution in [1.82, 2.24) is 0 Å². The fourth-order valence-electron chi connectivity index (χ4n) is 2.25. The van der Waals surface area contributed by atoms with E-state index in [1.54, 1.807) is 32.2 Å². The van der Waals surface area contributed by atoms with Gasteiger partial charge in [-0.2, -0.15) is 8.42 Å². The summed E-state index contributed by atoms with van der Waals surface area (Å²) in [6, 6.07) is 12.6. The molecular weight excluding hydrogens is 311 g/mol. The summed E-state index contributed by atoms with van der Waals surface area (Å²) in [5.74, 6) is 0. The third kappa shape index (κ3) is 4.31. The van der Waals surface area contributed by atoms with Crippen molar-refractivity contribution < 1.29 is 48.3 Å². The van der Waals surface area contributed by atoms with Crippen LogP contribution in [0.1, 0.15) is 21.7 Å². The number of rotatable bonds is 6. The average Bonchev–Trinajstić information content (AvgIpc) is 2.74. The quantitative estimate of drug-likeness (QED) is 0.569. The Hall–Kier alpha value is -0.430. The Morgan fingerprint density at radius 1 is 1.14 bits per heavy atom. The van der Waals surface area contributed by atoms with Gasteiger partial charge in [0.05, 0.1) is 6.10 Å². The van der Waals surface area contributed by atoms with Gasteiger partial charge in [0.25, 0.3) is 10.1 Å². The molecule has 0 aromatic rings. The molecule has 2 aliphatic rings. The van der Waals surface area contributed by atoms with E-state index in [4.69, 9.17) is 8.92 Å².